The topological polar surface area (TPSA) is 27.6 Å². The van der Waals surface area contributed by atoms with E-state index in [4.69, 9.17) is 4.99 Å². The van der Waals surface area contributed by atoms with E-state index in [0.717, 1.165) is 23.0 Å². The summed E-state index contributed by atoms with van der Waals surface area (Å²) in [5, 5.41) is 4.52. The molecule has 3 rings (SSSR count). The van der Waals surface area contributed by atoms with Gasteiger partial charge in [-0.15, -0.1) is 0 Å². The zero-order valence-electron chi connectivity index (χ0n) is 13.1. The van der Waals surface area contributed by atoms with Crippen LogP contribution < -0.4 is 10.2 Å². The Hall–Kier alpha value is -1.16. The van der Waals surface area contributed by atoms with Crippen molar-refractivity contribution >= 4 is 28.3 Å². The smallest absolute Gasteiger partial charge is 0.161 e. The van der Waals surface area contributed by atoms with Gasteiger partial charge >= 0.3 is 0 Å². The van der Waals surface area contributed by atoms with E-state index in [1.165, 1.54) is 38.0 Å². The van der Waals surface area contributed by atoms with Gasteiger partial charge in [0.2, 0.25) is 0 Å². The van der Waals surface area contributed by atoms with E-state index >= 15 is 0 Å². The lowest BCUT2D eigenvalue weighted by Gasteiger charge is -2.28. The van der Waals surface area contributed by atoms with Crippen molar-refractivity contribution in [3.8, 4) is 0 Å². The molecule has 1 fully saturated rings. The minimum Gasteiger partial charge on any atom is -0.372 e. The molecule has 1 saturated heterocycles. The summed E-state index contributed by atoms with van der Waals surface area (Å²) in [6.45, 7) is 6.84. The number of nitrogens with zero attached hydrogens (tertiary/aromatic N) is 2. The van der Waals surface area contributed by atoms with E-state index in [1.54, 1.807) is 0 Å². The Kier molecular flexibility index (Phi) is 4.43. The molecule has 0 bridgehead atoms. The zero-order valence-corrected chi connectivity index (χ0v) is 13.9. The van der Waals surface area contributed by atoms with Gasteiger partial charge in [-0.1, -0.05) is 18.7 Å². The first-order valence-electron chi connectivity index (χ1n) is 8.03. The maximum absolute atomic E-state index is 4.80. The van der Waals surface area contributed by atoms with Crippen LogP contribution in [0.25, 0.3) is 0 Å². The van der Waals surface area contributed by atoms with Crippen molar-refractivity contribution in [2.75, 3.05) is 29.1 Å². The molecule has 0 saturated carbocycles. The van der Waals surface area contributed by atoms with Crippen molar-refractivity contribution < 1.29 is 0 Å². The third kappa shape index (κ3) is 3.54. The van der Waals surface area contributed by atoms with Crippen LogP contribution in [0.1, 0.15) is 39.5 Å². The van der Waals surface area contributed by atoms with Crippen molar-refractivity contribution in [3.63, 3.8) is 0 Å². The summed E-state index contributed by atoms with van der Waals surface area (Å²) in [6.07, 6.45) is 5.12. The van der Waals surface area contributed by atoms with Crippen molar-refractivity contribution in [1.82, 2.24) is 0 Å². The Balaban J connectivity index is 1.63. The third-order valence-electron chi connectivity index (χ3n) is 4.49. The number of aliphatic imine (C=N–C) groups is 1. The Morgan fingerprint density at radius 3 is 2.52 bits per heavy atom. The number of thioether (sulfide) groups is 1. The second kappa shape index (κ2) is 6.30. The van der Waals surface area contributed by atoms with E-state index in [-0.39, 0.29) is 5.54 Å². The molecule has 0 aromatic heterocycles. The first-order valence-corrected chi connectivity index (χ1v) is 9.02. The Morgan fingerprint density at radius 2 is 1.90 bits per heavy atom. The molecule has 2 heterocycles. The van der Waals surface area contributed by atoms with Crippen LogP contribution in [-0.2, 0) is 0 Å². The monoisotopic (exact) mass is 303 g/mol. The van der Waals surface area contributed by atoms with Crippen LogP contribution in [0.4, 0.5) is 11.4 Å². The summed E-state index contributed by atoms with van der Waals surface area (Å²) in [6, 6.07) is 8.81. The molecule has 0 aliphatic carbocycles. The quantitative estimate of drug-likeness (QED) is 0.899. The summed E-state index contributed by atoms with van der Waals surface area (Å²) in [7, 11) is 0. The fourth-order valence-electron chi connectivity index (χ4n) is 2.81. The molecule has 0 spiro atoms. The molecule has 114 valence electrons. The largest absolute Gasteiger partial charge is 0.372 e. The Labute approximate surface area is 132 Å². The molecule has 0 radical (unpaired) electrons. The average Bonchev–Trinajstić information content (AvgIpc) is 2.91. The minimum absolute atomic E-state index is 0.112. The number of hydrogen-bond acceptors (Lipinski definition) is 4. The molecule has 0 amide bonds. The van der Waals surface area contributed by atoms with Crippen molar-refractivity contribution in [2.45, 2.75) is 45.1 Å². The SMILES string of the molecule is CCC1(C)CSC(Nc2ccc(N3CCCCC3)cc2)=N1. The fourth-order valence-corrected chi connectivity index (χ4v) is 4.00. The van der Waals surface area contributed by atoms with Gasteiger partial charge in [-0.05, 0) is 56.9 Å². The first kappa shape index (κ1) is 14.8. The van der Waals surface area contributed by atoms with E-state index in [2.05, 4.69) is 48.3 Å². The lowest BCUT2D eigenvalue weighted by Crippen LogP contribution is -2.29. The molecule has 21 heavy (non-hydrogen) atoms. The standard InChI is InChI=1S/C17H25N3S/c1-3-17(2)13-21-16(19-17)18-14-7-9-15(10-8-14)20-11-5-4-6-12-20/h7-10H,3-6,11-13H2,1-2H3,(H,18,19). The Morgan fingerprint density at radius 1 is 1.19 bits per heavy atom. The van der Waals surface area contributed by atoms with Gasteiger partial charge in [0, 0.05) is 30.2 Å². The minimum atomic E-state index is 0.112. The van der Waals surface area contributed by atoms with Gasteiger partial charge in [0.25, 0.3) is 0 Å². The number of benzene rings is 1. The molecule has 1 N–H and O–H groups in total. The van der Waals surface area contributed by atoms with E-state index in [9.17, 15) is 0 Å². The third-order valence-corrected chi connectivity index (χ3v) is 5.73. The van der Waals surface area contributed by atoms with Crippen LogP contribution in [-0.4, -0.2) is 29.5 Å². The molecule has 4 heteroatoms. The lowest BCUT2D eigenvalue weighted by atomic mass is 10.0. The molecule has 3 nitrogen and oxygen atoms in total. The zero-order chi connectivity index (χ0) is 14.7. The summed E-state index contributed by atoms with van der Waals surface area (Å²) >= 11 is 1.83. The summed E-state index contributed by atoms with van der Waals surface area (Å²) in [5.41, 5.74) is 2.60. The molecule has 1 aromatic rings. The van der Waals surface area contributed by atoms with E-state index in [1.807, 2.05) is 11.8 Å². The highest BCUT2D eigenvalue weighted by Gasteiger charge is 2.28. The predicted octanol–water partition coefficient (Wildman–Crippen LogP) is 4.36. The van der Waals surface area contributed by atoms with Gasteiger partial charge in [0.05, 0.1) is 5.54 Å². The van der Waals surface area contributed by atoms with Gasteiger partial charge in [0.15, 0.2) is 5.17 Å². The van der Waals surface area contributed by atoms with Gasteiger partial charge in [-0.25, -0.2) is 0 Å². The number of nitrogens with one attached hydrogen (secondary N) is 1. The second-order valence-corrected chi connectivity index (χ2v) is 7.24. The molecule has 1 aromatic carbocycles. The van der Waals surface area contributed by atoms with Crippen molar-refractivity contribution in [1.29, 1.82) is 0 Å². The molecular weight excluding hydrogens is 278 g/mol. The number of amidine groups is 1. The predicted molar refractivity (Wildman–Crippen MR) is 94.7 cm³/mol. The second-order valence-electron chi connectivity index (χ2n) is 6.28. The van der Waals surface area contributed by atoms with E-state index in [0.29, 0.717) is 0 Å². The lowest BCUT2D eigenvalue weighted by molar-refractivity contribution is 0.523. The average molecular weight is 303 g/mol. The van der Waals surface area contributed by atoms with Gasteiger partial charge in [-0.2, -0.15) is 0 Å². The fraction of sp³-hybridized carbons (Fsp3) is 0.588. The maximum atomic E-state index is 4.80. The number of hydrogen-bond donors (Lipinski definition) is 1. The van der Waals surface area contributed by atoms with Crippen LogP contribution in [0.15, 0.2) is 29.3 Å². The van der Waals surface area contributed by atoms with Crippen molar-refractivity contribution in [2.24, 2.45) is 4.99 Å². The van der Waals surface area contributed by atoms with Crippen LogP contribution in [0.3, 0.4) is 0 Å². The first-order chi connectivity index (χ1) is 10.2. The molecule has 1 atom stereocenters. The number of anilines is 2. The summed E-state index contributed by atoms with van der Waals surface area (Å²) < 4.78 is 0. The maximum Gasteiger partial charge on any atom is 0.161 e. The van der Waals surface area contributed by atoms with Gasteiger partial charge in [-0.3, -0.25) is 4.99 Å². The molecule has 1 unspecified atom stereocenters. The highest BCUT2D eigenvalue weighted by molar-refractivity contribution is 8.14. The highest BCUT2D eigenvalue weighted by Crippen LogP contribution is 2.31. The van der Waals surface area contributed by atoms with Gasteiger partial charge < -0.3 is 10.2 Å². The summed E-state index contributed by atoms with van der Waals surface area (Å²) in [5.74, 6) is 1.08. The van der Waals surface area contributed by atoms with Crippen LogP contribution in [0.2, 0.25) is 0 Å². The molecule has 2 aliphatic rings. The normalized spacial score (nSPS) is 25.8. The number of rotatable bonds is 3. The van der Waals surface area contributed by atoms with Gasteiger partial charge in [0.1, 0.15) is 0 Å². The van der Waals surface area contributed by atoms with Crippen LogP contribution in [0.5, 0.6) is 0 Å². The van der Waals surface area contributed by atoms with E-state index < -0.39 is 0 Å². The highest BCUT2D eigenvalue weighted by atomic mass is 32.2. The molecular formula is C17H25N3S. The van der Waals surface area contributed by atoms with Crippen molar-refractivity contribution in [3.05, 3.63) is 24.3 Å². The van der Waals surface area contributed by atoms with Crippen LogP contribution >= 0.6 is 11.8 Å². The molecule has 2 aliphatic heterocycles. The summed E-state index contributed by atoms with van der Waals surface area (Å²) in [4.78, 5) is 7.29. The van der Waals surface area contributed by atoms with Crippen LogP contribution in [0, 0.1) is 0 Å². The Bertz CT molecular complexity index is 505. The number of piperidine rings is 1.